The van der Waals surface area contributed by atoms with Gasteiger partial charge in [-0.05, 0) is 35.4 Å². The van der Waals surface area contributed by atoms with Gasteiger partial charge >= 0.3 is 0 Å². The van der Waals surface area contributed by atoms with Crippen molar-refractivity contribution in [2.75, 3.05) is 20.3 Å². The van der Waals surface area contributed by atoms with E-state index in [0.717, 1.165) is 11.3 Å². The summed E-state index contributed by atoms with van der Waals surface area (Å²) >= 11 is 0. The minimum atomic E-state index is -0.386. The molecule has 1 atom stereocenters. The van der Waals surface area contributed by atoms with Crippen molar-refractivity contribution in [3.05, 3.63) is 102 Å². The van der Waals surface area contributed by atoms with E-state index >= 15 is 0 Å². The molecule has 0 saturated heterocycles. The third kappa shape index (κ3) is 5.56. The van der Waals surface area contributed by atoms with Crippen molar-refractivity contribution in [3.8, 4) is 5.75 Å². The highest BCUT2D eigenvalue weighted by Gasteiger charge is 2.23. The number of ether oxygens (including phenoxy) is 2. The van der Waals surface area contributed by atoms with Gasteiger partial charge in [0.2, 0.25) is 5.91 Å². The van der Waals surface area contributed by atoms with Crippen LogP contribution in [-0.2, 0) is 16.1 Å². The predicted molar refractivity (Wildman–Crippen MR) is 124 cm³/mol. The van der Waals surface area contributed by atoms with Gasteiger partial charge in [0, 0.05) is 38.4 Å². The van der Waals surface area contributed by atoms with E-state index in [-0.39, 0.29) is 24.1 Å². The van der Waals surface area contributed by atoms with Crippen molar-refractivity contribution in [1.82, 2.24) is 14.7 Å². The largest absolute Gasteiger partial charge is 0.485 e. The number of imidazole rings is 1. The number of hydrogen-bond acceptors (Lipinski definition) is 4. The van der Waals surface area contributed by atoms with Crippen LogP contribution in [0.15, 0.2) is 79.1 Å². The number of carbonyl (C=O) groups excluding carboxylic acids is 1. The van der Waals surface area contributed by atoms with Crippen molar-refractivity contribution < 1.29 is 18.7 Å². The molecule has 0 aliphatic rings. The van der Waals surface area contributed by atoms with Gasteiger partial charge in [0.1, 0.15) is 12.4 Å². The monoisotopic (exact) mass is 447 g/mol. The summed E-state index contributed by atoms with van der Waals surface area (Å²) in [6.07, 6.45) is 3.75. The molecule has 2 heterocycles. The number of nitrogens with one attached hydrogen (secondary N) is 1. The van der Waals surface area contributed by atoms with Crippen LogP contribution in [0.1, 0.15) is 29.2 Å². The van der Waals surface area contributed by atoms with Crippen LogP contribution < -0.4 is 10.1 Å². The summed E-state index contributed by atoms with van der Waals surface area (Å²) in [7, 11) is 1.58. The molecule has 1 N–H and O–H groups in total. The number of halogens is 1. The third-order valence-electron chi connectivity index (χ3n) is 5.39. The Morgan fingerprint density at radius 3 is 2.76 bits per heavy atom. The molecule has 6 nitrogen and oxygen atoms in total. The number of methoxy groups -OCH3 is 1. The van der Waals surface area contributed by atoms with Crippen LogP contribution in [0, 0.1) is 5.82 Å². The molecule has 2 aromatic heterocycles. The Morgan fingerprint density at radius 2 is 1.97 bits per heavy atom. The molecule has 4 aromatic rings. The quantitative estimate of drug-likeness (QED) is 0.368. The highest BCUT2D eigenvalue weighted by Crippen LogP contribution is 2.31. The van der Waals surface area contributed by atoms with Crippen LogP contribution in [0.2, 0.25) is 0 Å². The number of aromatic nitrogens is 2. The van der Waals surface area contributed by atoms with E-state index in [4.69, 9.17) is 9.47 Å². The van der Waals surface area contributed by atoms with E-state index in [1.165, 1.54) is 12.1 Å². The summed E-state index contributed by atoms with van der Waals surface area (Å²) in [4.78, 5) is 17.2. The van der Waals surface area contributed by atoms with Gasteiger partial charge in [-0.3, -0.25) is 4.79 Å². The van der Waals surface area contributed by atoms with Gasteiger partial charge in [-0.15, -0.1) is 0 Å². The lowest BCUT2D eigenvalue weighted by molar-refractivity contribution is -0.121. The second-order valence-electron chi connectivity index (χ2n) is 7.68. The number of rotatable bonds is 10. The first-order valence-electron chi connectivity index (χ1n) is 10.8. The molecule has 0 aliphatic carbocycles. The van der Waals surface area contributed by atoms with E-state index in [1.54, 1.807) is 19.4 Å². The van der Waals surface area contributed by atoms with E-state index in [0.29, 0.717) is 36.7 Å². The van der Waals surface area contributed by atoms with Crippen LogP contribution in [-0.4, -0.2) is 35.6 Å². The molecule has 0 fully saturated rings. The van der Waals surface area contributed by atoms with Crippen LogP contribution in [0.25, 0.3) is 5.65 Å². The molecule has 7 heteroatoms. The minimum absolute atomic E-state index is 0.146. The van der Waals surface area contributed by atoms with Crippen molar-refractivity contribution >= 4 is 11.6 Å². The Hall–Kier alpha value is -3.71. The van der Waals surface area contributed by atoms with Gasteiger partial charge in [-0.2, -0.15) is 0 Å². The van der Waals surface area contributed by atoms with Gasteiger partial charge in [-0.1, -0.05) is 42.5 Å². The molecular weight excluding hydrogens is 421 g/mol. The van der Waals surface area contributed by atoms with Crippen LogP contribution in [0.3, 0.4) is 0 Å². The highest BCUT2D eigenvalue weighted by molar-refractivity contribution is 5.77. The van der Waals surface area contributed by atoms with Crippen molar-refractivity contribution in [2.45, 2.75) is 18.9 Å². The van der Waals surface area contributed by atoms with E-state index in [2.05, 4.69) is 10.3 Å². The number of amides is 1. The molecule has 0 radical (unpaired) electrons. The van der Waals surface area contributed by atoms with Gasteiger partial charge in [-0.25, -0.2) is 9.37 Å². The maximum absolute atomic E-state index is 14.0. The normalized spacial score (nSPS) is 11.9. The Labute approximate surface area is 192 Å². The van der Waals surface area contributed by atoms with Crippen LogP contribution in [0.5, 0.6) is 5.75 Å². The first kappa shape index (κ1) is 22.5. The third-order valence-corrected chi connectivity index (χ3v) is 5.39. The predicted octanol–water partition coefficient (Wildman–Crippen LogP) is 4.34. The minimum Gasteiger partial charge on any atom is -0.485 e. The second kappa shape index (κ2) is 10.7. The fraction of sp³-hybridized carbons (Fsp3) is 0.231. The topological polar surface area (TPSA) is 64.9 Å². The number of benzene rings is 2. The SMILES string of the molecule is COCCNC(=O)CC(c1cccc(F)c1)c1cnc2c(OCc3ccccc3)cccn12. The molecular formula is C26H26FN3O3. The number of pyridine rings is 1. The zero-order chi connectivity index (χ0) is 23.0. The summed E-state index contributed by atoms with van der Waals surface area (Å²) in [5, 5.41) is 2.85. The van der Waals surface area contributed by atoms with Gasteiger partial charge < -0.3 is 19.2 Å². The Kier molecular flexibility index (Phi) is 7.32. The molecule has 170 valence electrons. The lowest BCUT2D eigenvalue weighted by Crippen LogP contribution is -2.28. The van der Waals surface area contributed by atoms with Crippen molar-refractivity contribution in [1.29, 1.82) is 0 Å². The lowest BCUT2D eigenvalue weighted by atomic mass is 9.92. The van der Waals surface area contributed by atoms with E-state index in [9.17, 15) is 9.18 Å². The zero-order valence-electron chi connectivity index (χ0n) is 18.4. The number of carbonyl (C=O) groups is 1. The van der Waals surface area contributed by atoms with Crippen molar-refractivity contribution in [3.63, 3.8) is 0 Å². The van der Waals surface area contributed by atoms with Crippen LogP contribution >= 0.6 is 0 Å². The van der Waals surface area contributed by atoms with E-state index < -0.39 is 0 Å². The average Bonchev–Trinajstić information content (AvgIpc) is 3.26. The van der Waals surface area contributed by atoms with Gasteiger partial charge in [0.05, 0.1) is 12.3 Å². The first-order chi connectivity index (χ1) is 16.2. The number of fused-ring (bicyclic) bond motifs is 1. The molecule has 0 bridgehead atoms. The van der Waals surface area contributed by atoms with E-state index in [1.807, 2.05) is 59.1 Å². The fourth-order valence-electron chi connectivity index (χ4n) is 3.78. The van der Waals surface area contributed by atoms with Crippen molar-refractivity contribution in [2.24, 2.45) is 0 Å². The maximum atomic E-state index is 14.0. The standard InChI is InChI=1S/C26H26FN3O3/c1-32-14-12-28-25(31)16-22(20-9-5-10-21(27)15-20)23-17-29-26-24(11-6-13-30(23)26)33-18-19-7-3-2-4-8-19/h2-11,13,15,17,22H,12,14,16,18H2,1H3,(H,28,31). The van der Waals surface area contributed by atoms with Gasteiger partial charge in [0.15, 0.2) is 11.4 Å². The summed E-state index contributed by atoms with van der Waals surface area (Å²) in [6.45, 7) is 1.25. The highest BCUT2D eigenvalue weighted by atomic mass is 19.1. The number of nitrogens with zero attached hydrogens (tertiary/aromatic N) is 2. The molecule has 0 saturated carbocycles. The average molecular weight is 448 g/mol. The summed E-state index contributed by atoms with van der Waals surface area (Å²) in [5.74, 6) is -0.247. The molecule has 0 spiro atoms. The number of hydrogen-bond donors (Lipinski definition) is 1. The first-order valence-corrected chi connectivity index (χ1v) is 10.8. The van der Waals surface area contributed by atoms with Gasteiger partial charge in [0.25, 0.3) is 0 Å². The zero-order valence-corrected chi connectivity index (χ0v) is 18.4. The molecule has 1 unspecified atom stereocenters. The molecule has 2 aromatic carbocycles. The molecule has 0 aliphatic heterocycles. The smallest absolute Gasteiger partial charge is 0.221 e. The molecule has 4 rings (SSSR count). The summed E-state index contributed by atoms with van der Waals surface area (Å²) in [6, 6.07) is 20.0. The Morgan fingerprint density at radius 1 is 1.12 bits per heavy atom. The molecule has 1 amide bonds. The Balaban J connectivity index is 1.64. The summed E-state index contributed by atoms with van der Waals surface area (Å²) in [5.41, 5.74) is 3.18. The fourth-order valence-corrected chi connectivity index (χ4v) is 3.78. The summed E-state index contributed by atoms with van der Waals surface area (Å²) < 4.78 is 27.0. The molecule has 33 heavy (non-hydrogen) atoms. The maximum Gasteiger partial charge on any atom is 0.221 e. The lowest BCUT2D eigenvalue weighted by Gasteiger charge is -2.18. The second-order valence-corrected chi connectivity index (χ2v) is 7.68. The van der Waals surface area contributed by atoms with Crippen LogP contribution in [0.4, 0.5) is 4.39 Å². The Bertz CT molecular complexity index is 1210.